The second-order valence-electron chi connectivity index (χ2n) is 2.36. The van der Waals surface area contributed by atoms with Crippen molar-refractivity contribution in [2.45, 2.75) is 6.42 Å². The predicted molar refractivity (Wildman–Crippen MR) is 45.5 cm³/mol. The van der Waals surface area contributed by atoms with Crippen molar-refractivity contribution in [1.29, 1.82) is 5.26 Å². The number of hydrogen-bond acceptors (Lipinski definition) is 1. The van der Waals surface area contributed by atoms with E-state index in [4.69, 9.17) is 16.9 Å². The lowest BCUT2D eigenvalue weighted by Crippen LogP contribution is -1.90. The molecule has 0 amide bonds. The molecule has 62 valence electrons. The van der Waals surface area contributed by atoms with Crippen LogP contribution in [0.5, 0.6) is 0 Å². The van der Waals surface area contributed by atoms with Gasteiger partial charge in [0.2, 0.25) is 0 Å². The van der Waals surface area contributed by atoms with Crippen LogP contribution < -0.4 is 0 Å². The summed E-state index contributed by atoms with van der Waals surface area (Å²) in [5, 5.41) is 8.49. The van der Waals surface area contributed by atoms with E-state index in [1.807, 2.05) is 0 Å². The van der Waals surface area contributed by atoms with Crippen LogP contribution >= 0.6 is 11.6 Å². The van der Waals surface area contributed by atoms with Crippen molar-refractivity contribution >= 4 is 11.6 Å². The summed E-state index contributed by atoms with van der Waals surface area (Å²) < 4.78 is 12.8. The number of hydrogen-bond donors (Lipinski definition) is 0. The van der Waals surface area contributed by atoms with Gasteiger partial charge in [0.05, 0.1) is 5.56 Å². The molecule has 0 spiro atoms. The highest BCUT2D eigenvalue weighted by molar-refractivity contribution is 6.17. The molecule has 0 aliphatic heterocycles. The zero-order valence-electron chi connectivity index (χ0n) is 6.35. The maximum absolute atomic E-state index is 12.8. The predicted octanol–water partition coefficient (Wildman–Crippen LogP) is 2.48. The van der Waals surface area contributed by atoms with Gasteiger partial charge in [-0.2, -0.15) is 5.26 Å². The second-order valence-corrected chi connectivity index (χ2v) is 2.74. The third-order valence-corrected chi connectivity index (χ3v) is 1.72. The monoisotopic (exact) mass is 183 g/mol. The van der Waals surface area contributed by atoms with E-state index in [2.05, 4.69) is 0 Å². The van der Waals surface area contributed by atoms with Crippen LogP contribution in [0.4, 0.5) is 4.39 Å². The maximum atomic E-state index is 12.8. The van der Waals surface area contributed by atoms with Crippen LogP contribution in [0.3, 0.4) is 0 Å². The van der Waals surface area contributed by atoms with Gasteiger partial charge < -0.3 is 0 Å². The van der Waals surface area contributed by atoms with E-state index in [0.29, 0.717) is 12.3 Å². The largest absolute Gasteiger partial charge is 0.206 e. The molecule has 0 aliphatic carbocycles. The van der Waals surface area contributed by atoms with Gasteiger partial charge in [-0.05, 0) is 24.1 Å². The molecule has 1 rings (SSSR count). The average Bonchev–Trinajstić information content (AvgIpc) is 2.09. The Balaban J connectivity index is 2.99. The number of halogens is 2. The Labute approximate surface area is 75.4 Å². The molecule has 0 heterocycles. The quantitative estimate of drug-likeness (QED) is 0.647. The van der Waals surface area contributed by atoms with Crippen molar-refractivity contribution in [1.82, 2.24) is 0 Å². The van der Waals surface area contributed by atoms with Gasteiger partial charge in [-0.3, -0.25) is 0 Å². The number of alkyl halides is 1. The van der Waals surface area contributed by atoms with Gasteiger partial charge in [-0.15, -0.1) is 11.6 Å². The Hall–Kier alpha value is -1.07. The van der Waals surface area contributed by atoms with E-state index in [-0.39, 0.29) is 5.56 Å². The fraction of sp³-hybridized carbons (Fsp3) is 0.222. The zero-order valence-corrected chi connectivity index (χ0v) is 7.11. The average molecular weight is 184 g/mol. The summed E-state index contributed by atoms with van der Waals surface area (Å²) in [6, 6.07) is 6.23. The summed E-state index contributed by atoms with van der Waals surface area (Å²) >= 11 is 5.49. The molecular weight excluding hydrogens is 177 g/mol. The van der Waals surface area contributed by atoms with Crippen molar-refractivity contribution in [3.05, 3.63) is 35.1 Å². The summed E-state index contributed by atoms with van der Waals surface area (Å²) in [5.74, 6) is 0.00655. The first kappa shape index (κ1) is 9.02. The topological polar surface area (TPSA) is 23.8 Å². The molecule has 0 N–H and O–H groups in total. The smallest absolute Gasteiger partial charge is 0.140 e. The Bertz CT molecular complexity index is 317. The highest BCUT2D eigenvalue weighted by Gasteiger charge is 2.01. The minimum Gasteiger partial charge on any atom is -0.206 e. The maximum Gasteiger partial charge on any atom is 0.140 e. The Morgan fingerprint density at radius 3 is 2.83 bits per heavy atom. The Morgan fingerprint density at radius 2 is 2.25 bits per heavy atom. The lowest BCUT2D eigenvalue weighted by atomic mass is 10.1. The normalized spacial score (nSPS) is 9.42. The van der Waals surface area contributed by atoms with Crippen LogP contribution in [0.15, 0.2) is 18.2 Å². The number of rotatable bonds is 2. The van der Waals surface area contributed by atoms with Crippen LogP contribution in [0.1, 0.15) is 11.1 Å². The van der Waals surface area contributed by atoms with Crippen molar-refractivity contribution < 1.29 is 4.39 Å². The van der Waals surface area contributed by atoms with E-state index in [9.17, 15) is 4.39 Å². The molecule has 0 saturated heterocycles. The summed E-state index contributed by atoms with van der Waals surface area (Å²) in [6.07, 6.45) is 0.663. The summed E-state index contributed by atoms with van der Waals surface area (Å²) in [6.45, 7) is 0. The van der Waals surface area contributed by atoms with Crippen LogP contribution in [0.2, 0.25) is 0 Å². The van der Waals surface area contributed by atoms with Gasteiger partial charge >= 0.3 is 0 Å². The van der Waals surface area contributed by atoms with Crippen molar-refractivity contribution in [3.63, 3.8) is 0 Å². The molecule has 0 atom stereocenters. The summed E-state index contributed by atoms with van der Waals surface area (Å²) in [4.78, 5) is 0. The van der Waals surface area contributed by atoms with Gasteiger partial charge in [0, 0.05) is 5.88 Å². The molecule has 1 aromatic carbocycles. The Kier molecular flexibility index (Phi) is 3.07. The lowest BCUT2D eigenvalue weighted by Gasteiger charge is -1.98. The van der Waals surface area contributed by atoms with E-state index in [0.717, 1.165) is 5.56 Å². The first-order valence-electron chi connectivity index (χ1n) is 3.52. The third-order valence-electron chi connectivity index (χ3n) is 1.53. The van der Waals surface area contributed by atoms with Gasteiger partial charge in [0.15, 0.2) is 0 Å². The molecule has 0 unspecified atom stereocenters. The molecule has 12 heavy (non-hydrogen) atoms. The number of aryl methyl sites for hydroxylation is 1. The molecule has 0 aliphatic rings. The molecule has 0 bridgehead atoms. The van der Waals surface area contributed by atoms with Crippen LogP contribution in [0, 0.1) is 17.1 Å². The molecule has 0 aromatic heterocycles. The molecule has 1 nitrogen and oxygen atoms in total. The first-order chi connectivity index (χ1) is 5.77. The highest BCUT2D eigenvalue weighted by Crippen LogP contribution is 2.10. The minimum absolute atomic E-state index is 0.0811. The van der Waals surface area contributed by atoms with E-state index in [1.165, 1.54) is 12.1 Å². The number of benzene rings is 1. The standard InChI is InChI=1S/C9H7ClFN/c10-4-3-7-1-2-9(11)8(5-7)6-12/h1-2,5H,3-4H2. The van der Waals surface area contributed by atoms with Gasteiger partial charge in [-0.1, -0.05) is 6.07 Å². The SMILES string of the molecule is N#Cc1cc(CCCl)ccc1F. The van der Waals surface area contributed by atoms with Crippen molar-refractivity contribution in [2.24, 2.45) is 0 Å². The third kappa shape index (κ3) is 1.96. The number of nitrogens with zero attached hydrogens (tertiary/aromatic N) is 1. The molecule has 3 heteroatoms. The van der Waals surface area contributed by atoms with E-state index in [1.54, 1.807) is 12.1 Å². The van der Waals surface area contributed by atoms with E-state index < -0.39 is 5.82 Å². The van der Waals surface area contributed by atoms with Gasteiger partial charge in [0.1, 0.15) is 11.9 Å². The van der Waals surface area contributed by atoms with Gasteiger partial charge in [0.25, 0.3) is 0 Å². The lowest BCUT2D eigenvalue weighted by molar-refractivity contribution is 0.623. The first-order valence-corrected chi connectivity index (χ1v) is 4.06. The van der Waals surface area contributed by atoms with Crippen molar-refractivity contribution in [2.75, 3.05) is 5.88 Å². The molecule has 0 saturated carbocycles. The number of nitriles is 1. The summed E-state index contributed by atoms with van der Waals surface area (Å²) in [5.41, 5.74) is 0.973. The Morgan fingerprint density at radius 1 is 1.50 bits per heavy atom. The van der Waals surface area contributed by atoms with Gasteiger partial charge in [-0.25, -0.2) is 4.39 Å². The van der Waals surface area contributed by atoms with Crippen LogP contribution in [0.25, 0.3) is 0 Å². The molecule has 0 fully saturated rings. The fourth-order valence-corrected chi connectivity index (χ4v) is 1.14. The minimum atomic E-state index is -0.476. The molecule has 0 radical (unpaired) electrons. The highest BCUT2D eigenvalue weighted by atomic mass is 35.5. The molecule has 1 aromatic rings. The summed E-state index contributed by atoms with van der Waals surface area (Å²) in [7, 11) is 0. The van der Waals surface area contributed by atoms with Crippen molar-refractivity contribution in [3.8, 4) is 6.07 Å². The second kappa shape index (κ2) is 4.08. The zero-order chi connectivity index (χ0) is 8.97. The fourth-order valence-electron chi connectivity index (χ4n) is 0.923. The van der Waals surface area contributed by atoms with E-state index >= 15 is 0 Å². The molecular formula is C9H7ClFN. The van der Waals surface area contributed by atoms with Crippen LogP contribution in [-0.2, 0) is 6.42 Å². The van der Waals surface area contributed by atoms with Crippen LogP contribution in [-0.4, -0.2) is 5.88 Å².